The Hall–Kier alpha value is -3.46. The van der Waals surface area contributed by atoms with E-state index >= 15 is 0 Å². The van der Waals surface area contributed by atoms with Gasteiger partial charge in [0.25, 0.3) is 5.91 Å². The number of fused-ring (bicyclic) bond motifs is 1. The molecule has 9 nitrogen and oxygen atoms in total. The van der Waals surface area contributed by atoms with E-state index in [-0.39, 0.29) is 17.4 Å². The molecule has 1 aromatic carbocycles. The second-order valence-electron chi connectivity index (χ2n) is 6.28. The Balaban J connectivity index is 1.73. The van der Waals surface area contributed by atoms with Crippen molar-refractivity contribution < 1.29 is 10.0 Å². The summed E-state index contributed by atoms with van der Waals surface area (Å²) in [6.45, 7) is 4.34. The van der Waals surface area contributed by atoms with Gasteiger partial charge in [-0.1, -0.05) is 6.92 Å². The van der Waals surface area contributed by atoms with Gasteiger partial charge in [-0.2, -0.15) is 4.98 Å². The quantitative estimate of drug-likeness (QED) is 0.530. The molecule has 3 N–H and O–H groups in total. The molecule has 0 aliphatic heterocycles. The lowest BCUT2D eigenvalue weighted by Gasteiger charge is -2.14. The second kappa shape index (κ2) is 8.49. The first-order chi connectivity index (χ1) is 13.5. The summed E-state index contributed by atoms with van der Waals surface area (Å²) in [5, 5.41) is 16.2. The Morgan fingerprint density at radius 1 is 1.25 bits per heavy atom. The molecule has 9 heteroatoms. The minimum Gasteiger partial charge on any atom is -0.422 e. The average Bonchev–Trinajstić information content (AvgIpc) is 2.72. The van der Waals surface area contributed by atoms with Gasteiger partial charge in [-0.15, -0.1) is 4.73 Å². The smallest absolute Gasteiger partial charge is 0.384 e. The third-order valence-electron chi connectivity index (χ3n) is 4.36. The summed E-state index contributed by atoms with van der Waals surface area (Å²) in [5.74, 6) is 0.130. The number of amides is 1. The molecule has 0 spiro atoms. The van der Waals surface area contributed by atoms with Crippen LogP contribution in [0.3, 0.4) is 0 Å². The summed E-state index contributed by atoms with van der Waals surface area (Å²) in [5.41, 5.74) is 0.463. The molecule has 0 bridgehead atoms. The number of benzene rings is 1. The van der Waals surface area contributed by atoms with Crippen molar-refractivity contribution in [1.82, 2.24) is 24.9 Å². The van der Waals surface area contributed by atoms with Crippen LogP contribution in [0.4, 0.5) is 11.5 Å². The number of anilines is 2. The largest absolute Gasteiger partial charge is 0.422 e. The molecule has 0 aliphatic carbocycles. The van der Waals surface area contributed by atoms with E-state index in [4.69, 9.17) is 0 Å². The van der Waals surface area contributed by atoms with E-state index in [9.17, 15) is 14.8 Å². The molecule has 0 radical (unpaired) electrons. The molecule has 0 saturated carbocycles. The number of pyridine rings is 1. The summed E-state index contributed by atoms with van der Waals surface area (Å²) in [4.78, 5) is 34.0. The van der Waals surface area contributed by atoms with Gasteiger partial charge in [0, 0.05) is 30.5 Å². The van der Waals surface area contributed by atoms with E-state index in [1.54, 1.807) is 36.4 Å². The molecule has 0 unspecified atom stereocenters. The Kier molecular flexibility index (Phi) is 5.85. The fraction of sp³-hybridized carbons (Fsp3) is 0.263. The highest BCUT2D eigenvalue weighted by Crippen LogP contribution is 2.21. The fourth-order valence-electron chi connectivity index (χ4n) is 2.60. The maximum Gasteiger partial charge on any atom is 0.384 e. The Labute approximate surface area is 161 Å². The molecule has 2 heterocycles. The predicted molar refractivity (Wildman–Crippen MR) is 106 cm³/mol. The van der Waals surface area contributed by atoms with E-state index in [0.29, 0.717) is 27.9 Å². The molecule has 3 aromatic rings. The molecule has 2 aromatic heterocycles. The predicted octanol–water partition coefficient (Wildman–Crippen LogP) is 1.45. The monoisotopic (exact) mass is 382 g/mol. The number of hydrogen-bond acceptors (Lipinski definition) is 7. The Morgan fingerprint density at radius 3 is 2.71 bits per heavy atom. The van der Waals surface area contributed by atoms with Gasteiger partial charge in [-0.05, 0) is 50.0 Å². The molecule has 3 rings (SSSR count). The number of nitrogens with zero attached hydrogens (tertiary/aromatic N) is 4. The van der Waals surface area contributed by atoms with Crippen molar-refractivity contribution in [2.75, 3.05) is 32.0 Å². The number of nitrogens with one attached hydrogen (secondary N) is 2. The Bertz CT molecular complexity index is 1030. The van der Waals surface area contributed by atoms with Crippen molar-refractivity contribution in [1.29, 1.82) is 0 Å². The van der Waals surface area contributed by atoms with Crippen LogP contribution in [0.25, 0.3) is 11.0 Å². The van der Waals surface area contributed by atoms with Crippen LogP contribution in [-0.2, 0) is 0 Å². The minimum absolute atomic E-state index is 0.109. The first kappa shape index (κ1) is 19.3. The van der Waals surface area contributed by atoms with Gasteiger partial charge in [0.2, 0.25) is 0 Å². The van der Waals surface area contributed by atoms with Crippen LogP contribution in [0.2, 0.25) is 0 Å². The van der Waals surface area contributed by atoms with Crippen LogP contribution in [0.5, 0.6) is 0 Å². The van der Waals surface area contributed by atoms with Gasteiger partial charge in [0.15, 0.2) is 5.65 Å². The van der Waals surface area contributed by atoms with Crippen LogP contribution >= 0.6 is 0 Å². The van der Waals surface area contributed by atoms with E-state index in [0.717, 1.165) is 13.1 Å². The van der Waals surface area contributed by atoms with Gasteiger partial charge >= 0.3 is 5.69 Å². The van der Waals surface area contributed by atoms with E-state index in [1.807, 2.05) is 7.05 Å². The molecule has 0 atom stereocenters. The van der Waals surface area contributed by atoms with Crippen molar-refractivity contribution >= 4 is 28.4 Å². The molecule has 1 amide bonds. The maximum atomic E-state index is 12.2. The number of rotatable bonds is 7. The van der Waals surface area contributed by atoms with Crippen molar-refractivity contribution in [3.05, 3.63) is 58.6 Å². The molecular weight excluding hydrogens is 360 g/mol. The zero-order valence-corrected chi connectivity index (χ0v) is 15.7. The number of carbonyl (C=O) groups is 1. The maximum absolute atomic E-state index is 12.2. The highest BCUT2D eigenvalue weighted by Gasteiger charge is 2.11. The van der Waals surface area contributed by atoms with Crippen LogP contribution in [0, 0.1) is 0 Å². The van der Waals surface area contributed by atoms with Gasteiger partial charge in [-0.25, -0.2) is 9.78 Å². The normalized spacial score (nSPS) is 11.0. The average molecular weight is 382 g/mol. The molecule has 146 valence electrons. The summed E-state index contributed by atoms with van der Waals surface area (Å²) < 4.78 is 0.407. The van der Waals surface area contributed by atoms with Crippen molar-refractivity contribution in [2.45, 2.75) is 6.92 Å². The topological polar surface area (TPSA) is 112 Å². The third kappa shape index (κ3) is 4.26. The molecule has 0 saturated heterocycles. The second-order valence-corrected chi connectivity index (χ2v) is 6.28. The lowest BCUT2D eigenvalue weighted by atomic mass is 10.2. The van der Waals surface area contributed by atoms with Crippen molar-refractivity contribution in [3.8, 4) is 0 Å². The zero-order valence-electron chi connectivity index (χ0n) is 15.7. The standard InChI is InChI=1S/C19H22N6O3/c1-3-24(2)12-11-21-18(26)13-6-8-14(9-7-13)22-16-15-5-4-10-20-17(15)25(28)19(27)23-16/h4-10,28H,3,11-12H2,1-2H3,(H,21,26)(H,22,23,27). The van der Waals surface area contributed by atoms with Crippen molar-refractivity contribution in [3.63, 3.8) is 0 Å². The number of aromatic nitrogens is 3. The lowest BCUT2D eigenvalue weighted by molar-refractivity contribution is 0.0950. The molecule has 28 heavy (non-hydrogen) atoms. The van der Waals surface area contributed by atoms with Gasteiger partial charge in [0.1, 0.15) is 5.82 Å². The summed E-state index contributed by atoms with van der Waals surface area (Å²) >= 11 is 0. The lowest BCUT2D eigenvalue weighted by Crippen LogP contribution is -2.32. The number of likely N-dealkylation sites (N-methyl/N-ethyl adjacent to an activating group) is 1. The molecular formula is C19H22N6O3. The Morgan fingerprint density at radius 2 is 2.00 bits per heavy atom. The van der Waals surface area contributed by atoms with Gasteiger partial charge in [0.05, 0.1) is 5.39 Å². The number of hydrogen-bond donors (Lipinski definition) is 3. The summed E-state index contributed by atoms with van der Waals surface area (Å²) in [6.07, 6.45) is 1.48. The van der Waals surface area contributed by atoms with E-state index in [1.165, 1.54) is 6.20 Å². The molecule has 0 aliphatic rings. The highest BCUT2D eigenvalue weighted by molar-refractivity contribution is 5.95. The number of carbonyl (C=O) groups excluding carboxylic acids is 1. The van der Waals surface area contributed by atoms with Crippen LogP contribution in [0.15, 0.2) is 47.4 Å². The SMILES string of the molecule is CCN(C)CCNC(=O)c1ccc(Nc2nc(=O)n(O)c3ncccc23)cc1. The fourth-order valence-corrected chi connectivity index (χ4v) is 2.60. The van der Waals surface area contributed by atoms with Crippen LogP contribution in [0.1, 0.15) is 17.3 Å². The van der Waals surface area contributed by atoms with Crippen LogP contribution in [-0.4, -0.2) is 57.4 Å². The van der Waals surface area contributed by atoms with Crippen LogP contribution < -0.4 is 16.3 Å². The molecule has 0 fully saturated rings. The van der Waals surface area contributed by atoms with Gasteiger partial charge in [-0.3, -0.25) is 4.79 Å². The summed E-state index contributed by atoms with van der Waals surface area (Å²) in [7, 11) is 2.00. The third-order valence-corrected chi connectivity index (χ3v) is 4.36. The first-order valence-electron chi connectivity index (χ1n) is 8.90. The van der Waals surface area contributed by atoms with Crippen molar-refractivity contribution in [2.24, 2.45) is 0 Å². The van der Waals surface area contributed by atoms with E-state index < -0.39 is 5.69 Å². The van der Waals surface area contributed by atoms with Gasteiger partial charge < -0.3 is 20.7 Å². The first-order valence-corrected chi connectivity index (χ1v) is 8.90. The minimum atomic E-state index is -0.832. The summed E-state index contributed by atoms with van der Waals surface area (Å²) in [6, 6.07) is 10.2. The van der Waals surface area contributed by atoms with E-state index in [2.05, 4.69) is 32.4 Å². The zero-order chi connectivity index (χ0) is 20.1. The highest BCUT2D eigenvalue weighted by atomic mass is 16.5.